The Hall–Kier alpha value is -1.02. The molecule has 0 bridgehead atoms. The van der Waals surface area contributed by atoms with E-state index in [1.54, 1.807) is 14.2 Å². The first kappa shape index (κ1) is 87.8. The van der Waals surface area contributed by atoms with Gasteiger partial charge in [0.15, 0.2) is 37.2 Å². The molecule has 3 fully saturated rings. The Balaban J connectivity index is -0.000000342. The number of ether oxygens (including phenoxy) is 18. The van der Waals surface area contributed by atoms with Crippen molar-refractivity contribution in [1.82, 2.24) is 0 Å². The quantitative estimate of drug-likeness (QED) is 0.0198. The van der Waals surface area contributed by atoms with Gasteiger partial charge in [0.1, 0.15) is 85.5 Å². The predicted molar refractivity (Wildman–Crippen MR) is 278 cm³/mol. The smallest absolute Gasteiger partial charge is 0.748 e. The summed E-state index contributed by atoms with van der Waals surface area (Å²) >= 11 is 0. The van der Waals surface area contributed by atoms with Crippen molar-refractivity contribution in [3.05, 3.63) is 0 Å². The van der Waals surface area contributed by atoms with Crippen molar-refractivity contribution in [2.75, 3.05) is 121 Å². The maximum absolute atomic E-state index is 11.2. The zero-order valence-electron chi connectivity index (χ0n) is 45.0. The fourth-order valence-corrected chi connectivity index (χ4v) is 9.61. The van der Waals surface area contributed by atoms with E-state index in [4.69, 9.17) is 105 Å². The van der Waals surface area contributed by atoms with Gasteiger partial charge in [0, 0.05) is 64.0 Å². The molecular weight excluding hydrogens is 1150 g/mol. The van der Waals surface area contributed by atoms with Crippen LogP contribution >= 0.6 is 0 Å². The number of methoxy groups -OCH3 is 9. The predicted octanol–water partition coefficient (Wildman–Crippen LogP) is -8.65. The normalized spacial score (nSPS) is 29.1. The molecule has 0 amide bonds. The molecule has 0 aromatic heterocycles. The van der Waals surface area contributed by atoms with E-state index in [1.165, 1.54) is 49.8 Å². The number of carbonyl (C=O) groups excluding carboxylic acids is 1. The Morgan fingerprint density at radius 1 is 0.500 bits per heavy atom. The van der Waals surface area contributed by atoms with Gasteiger partial charge in [-0.2, -0.15) is 0 Å². The Bertz CT molecular complexity index is 1990. The van der Waals surface area contributed by atoms with E-state index in [0.29, 0.717) is 5.75 Å². The third-order valence-corrected chi connectivity index (χ3v) is 13.2. The number of hydrogen-bond acceptors (Lipinski definition) is 29. The van der Waals surface area contributed by atoms with Gasteiger partial charge in [-0.25, -0.2) is 22.7 Å². The summed E-state index contributed by atoms with van der Waals surface area (Å²) in [5, 5.41) is 31.1. The number of rotatable bonds is 30. The third-order valence-electron chi connectivity index (χ3n) is 10.8. The van der Waals surface area contributed by atoms with Gasteiger partial charge in [0.25, 0.3) is 0 Å². The Kier molecular flexibility index (Phi) is 51.7. The summed E-state index contributed by atoms with van der Waals surface area (Å²) in [5.41, 5.74) is 0. The largest absolute Gasteiger partial charge is 1.00 e. The monoisotopic (exact) mass is 1240 g/mol. The number of aliphatic hydroxyl groups is 3. The molecule has 460 valence electrons. The average Bonchev–Trinajstić information content (AvgIpc) is 3.36. The molecule has 0 aromatic rings. The third kappa shape index (κ3) is 30.9. The van der Waals surface area contributed by atoms with E-state index in [0.717, 1.165) is 0 Å². The molecule has 15 unspecified atom stereocenters. The van der Waals surface area contributed by atoms with Crippen LogP contribution in [0.3, 0.4) is 0 Å². The van der Waals surface area contributed by atoms with E-state index in [-0.39, 0.29) is 121 Å². The zero-order chi connectivity index (χ0) is 56.9. The van der Waals surface area contributed by atoms with Crippen LogP contribution in [0, 0.1) is 37.6 Å². The van der Waals surface area contributed by atoms with Crippen LogP contribution in [0.25, 0.3) is 0 Å². The van der Waals surface area contributed by atoms with Crippen LogP contribution in [0.2, 0.25) is 0 Å². The van der Waals surface area contributed by atoms with Crippen LogP contribution in [0.15, 0.2) is 0 Å². The van der Waals surface area contributed by atoms with E-state index < -0.39 is 152 Å². The van der Waals surface area contributed by atoms with E-state index in [1.807, 2.05) is 17.4 Å². The summed E-state index contributed by atoms with van der Waals surface area (Å²) < 4.78 is 162. The van der Waals surface area contributed by atoms with Crippen molar-refractivity contribution in [2.45, 2.75) is 133 Å². The molecule has 0 aliphatic carbocycles. The molecule has 33 heteroatoms. The van der Waals surface area contributed by atoms with Crippen molar-refractivity contribution in [3.63, 3.8) is 0 Å². The topological polar surface area (TPSA) is 358 Å². The molecule has 3 heterocycles. The van der Waals surface area contributed by atoms with Gasteiger partial charge in [-0.05, 0) is 5.23 Å². The maximum Gasteiger partial charge on any atom is 1.00 e. The molecule has 3 aliphatic rings. The fraction of sp³-hybridized carbons (Fsp3) is 0.830. The van der Waals surface area contributed by atoms with Crippen LogP contribution < -0.4 is 59.1 Å². The summed E-state index contributed by atoms with van der Waals surface area (Å²) in [5.74, 6) is 2.20. The molecule has 3 rings (SSSR count). The van der Waals surface area contributed by atoms with Crippen LogP contribution in [-0.4, -0.2) is 284 Å². The number of terminal acetylenes is 3. The SMILES string of the molecule is C.C.C.C#COC(COC)COC1OC(CS(=O)(=O)[O-])[C@H](O)C(O)C1O.C#COC(COC)COC1OC(CS(=O)(=O)[O-])[C@H](OC)C(OC)C1OC.C#COC(COC)COC1OC(C[S-](=C)=C=O)[C@H](OC)C(OC)C1OC.[Na+].[Na+]. The van der Waals surface area contributed by atoms with E-state index >= 15 is 0 Å². The summed E-state index contributed by atoms with van der Waals surface area (Å²) in [7, 11) is 3.06. The minimum Gasteiger partial charge on any atom is -0.748 e. The van der Waals surface area contributed by atoms with Crippen molar-refractivity contribution in [1.29, 1.82) is 0 Å². The second kappa shape index (κ2) is 47.2. The molecule has 3 saturated heterocycles. The van der Waals surface area contributed by atoms with Crippen LogP contribution in [0.4, 0.5) is 0 Å². The van der Waals surface area contributed by atoms with Gasteiger partial charge in [0.05, 0.1) is 77.5 Å². The molecule has 0 spiro atoms. The molecule has 3 aliphatic heterocycles. The first-order valence-corrected chi connectivity index (χ1v) is 26.9. The molecule has 0 aromatic carbocycles. The van der Waals surface area contributed by atoms with E-state index in [9.17, 15) is 46.1 Å². The molecule has 3 N–H and O–H groups in total. The van der Waals surface area contributed by atoms with Crippen molar-refractivity contribution >= 4 is 41.4 Å². The second-order valence-electron chi connectivity index (χ2n) is 15.9. The molecule has 0 saturated carbocycles. The first-order chi connectivity index (χ1) is 35.5. The maximum atomic E-state index is 11.2. The van der Waals surface area contributed by atoms with Gasteiger partial charge in [-0.15, -0.1) is 0 Å². The van der Waals surface area contributed by atoms with Crippen LogP contribution in [-0.2, 0) is 120 Å². The van der Waals surface area contributed by atoms with Gasteiger partial charge in [-0.1, -0.05) is 47.3 Å². The van der Waals surface area contributed by atoms with Crippen LogP contribution in [0.1, 0.15) is 22.3 Å². The molecule has 28 nitrogen and oxygen atoms in total. The van der Waals surface area contributed by atoms with Gasteiger partial charge in [0.2, 0.25) is 0 Å². The van der Waals surface area contributed by atoms with Crippen LogP contribution in [0.5, 0.6) is 0 Å². The standard InChI is InChI=1S/C17H27O8S.C15H26O10S.C12H20O10S.3CH4.2Na/c1-7-23-12(8-19-2)9-24-17-16(22-5)15(21-4)14(20-3)13(25-17)10-26(6)11-18;1-6-23-10(7-19-2)8-24-15-14(22-5)13(21-4)12(20-3)11(25-15)9-26(16,17)18;1-3-20-7(4-19-2)5-21-12-11(15)10(14)9(13)8(22-12)6-23(16,17)18;;;;;/h1,12-17H,6,8-10H2,2-5H3;1,10-15H,7-9H2,2-5H3,(H,16,17,18);1,7-15H,4-6H2,2H3,(H,16,17,18);3*1H4;;/q-1;;;;;;2*+1/p-2/t12?,13?,14-,15?,16?,17?;10?,11?,12-,13?,14?,15?;7?,8?,9-,10?,11?,12?;;;;;/m000...../s1. The molecular formula is C47H83Na2O28S3-. The van der Waals surface area contributed by atoms with E-state index in [2.05, 4.69) is 12.0 Å². The van der Waals surface area contributed by atoms with Crippen molar-refractivity contribution in [3.8, 4) is 37.6 Å². The number of aliphatic hydroxyl groups excluding tert-OH is 3. The van der Waals surface area contributed by atoms with Crippen molar-refractivity contribution in [2.24, 2.45) is 0 Å². The Labute approximate surface area is 519 Å². The second-order valence-corrected chi connectivity index (χ2v) is 20.3. The summed E-state index contributed by atoms with van der Waals surface area (Å²) in [6, 6.07) is 0. The molecule has 80 heavy (non-hydrogen) atoms. The van der Waals surface area contributed by atoms with Gasteiger partial charge in [-0.3, -0.25) is 4.79 Å². The van der Waals surface area contributed by atoms with Crippen molar-refractivity contribution < 1.29 is 190 Å². The average molecular weight is 1240 g/mol. The summed E-state index contributed by atoms with van der Waals surface area (Å²) in [4.78, 5) is 10.9. The molecule has 18 atom stereocenters. The fourth-order valence-electron chi connectivity index (χ4n) is 7.52. The molecule has 0 radical (unpaired) electrons. The summed E-state index contributed by atoms with van der Waals surface area (Å²) in [6.07, 6.45) is 4.25. The minimum absolute atomic E-state index is 0. The zero-order valence-corrected chi connectivity index (χ0v) is 51.4. The van der Waals surface area contributed by atoms with Gasteiger partial charge >= 0.3 is 59.1 Å². The number of hydrogen-bond donors (Lipinski definition) is 3. The Morgan fingerprint density at radius 2 is 0.812 bits per heavy atom. The minimum atomic E-state index is -4.72. The summed E-state index contributed by atoms with van der Waals surface area (Å²) in [6.45, 7) is 0.388. The first-order valence-electron chi connectivity index (χ1n) is 22.1. The Morgan fingerprint density at radius 3 is 1.12 bits per heavy atom. The van der Waals surface area contributed by atoms with Gasteiger partial charge < -0.3 is 120 Å².